The molecule has 8 heteroatoms. The standard InChI is InChI=1S/C20H28N4O4/c25-20(22-16-2-3-16)15-1-4-18(19(11-15)24(26)27)21-17-5-8-23(9-6-17)12-14-7-10-28-13-14/h1,4,11,14,16-17,21H,2-3,5-10,12-13H2,(H,22,25). The Kier molecular flexibility index (Phi) is 5.77. The third kappa shape index (κ3) is 4.80. The Hall–Kier alpha value is -2.19. The van der Waals surface area contributed by atoms with Crippen LogP contribution in [0.3, 0.4) is 0 Å². The third-order valence-electron chi connectivity index (χ3n) is 5.86. The molecule has 3 aliphatic rings. The average molecular weight is 388 g/mol. The van der Waals surface area contributed by atoms with Gasteiger partial charge in [0.25, 0.3) is 11.6 Å². The maximum Gasteiger partial charge on any atom is 0.293 e. The van der Waals surface area contributed by atoms with Gasteiger partial charge in [-0.25, -0.2) is 0 Å². The maximum atomic E-state index is 12.2. The van der Waals surface area contributed by atoms with E-state index < -0.39 is 4.92 Å². The molecule has 2 N–H and O–H groups in total. The smallest absolute Gasteiger partial charge is 0.293 e. The normalized spacial score (nSPS) is 23.5. The molecule has 1 aromatic carbocycles. The molecular formula is C20H28N4O4. The summed E-state index contributed by atoms with van der Waals surface area (Å²) >= 11 is 0. The van der Waals surface area contributed by atoms with E-state index in [4.69, 9.17) is 4.74 Å². The maximum absolute atomic E-state index is 12.2. The van der Waals surface area contributed by atoms with Gasteiger partial charge in [-0.3, -0.25) is 14.9 Å². The Labute approximate surface area is 164 Å². The monoisotopic (exact) mass is 388 g/mol. The molecule has 2 saturated heterocycles. The number of anilines is 1. The van der Waals surface area contributed by atoms with E-state index in [-0.39, 0.29) is 23.7 Å². The molecule has 0 bridgehead atoms. The van der Waals surface area contributed by atoms with E-state index in [0.717, 1.165) is 65.0 Å². The highest BCUT2D eigenvalue weighted by Gasteiger charge is 2.27. The molecule has 0 spiro atoms. The van der Waals surface area contributed by atoms with E-state index in [0.29, 0.717) is 17.2 Å². The quantitative estimate of drug-likeness (QED) is 0.550. The van der Waals surface area contributed by atoms with Crippen LogP contribution in [0.1, 0.15) is 42.5 Å². The van der Waals surface area contributed by atoms with Crippen molar-refractivity contribution in [1.29, 1.82) is 0 Å². The number of hydrogen-bond donors (Lipinski definition) is 2. The summed E-state index contributed by atoms with van der Waals surface area (Å²) in [6.45, 7) is 4.80. The Morgan fingerprint density at radius 1 is 1.18 bits per heavy atom. The number of piperidine rings is 1. The molecule has 3 fully saturated rings. The van der Waals surface area contributed by atoms with Crippen LogP contribution in [0.2, 0.25) is 0 Å². The fourth-order valence-electron chi connectivity index (χ4n) is 4.01. The van der Waals surface area contributed by atoms with Crippen LogP contribution in [0.25, 0.3) is 0 Å². The molecule has 1 atom stereocenters. The van der Waals surface area contributed by atoms with Crippen molar-refractivity contribution < 1.29 is 14.5 Å². The first-order valence-corrected chi connectivity index (χ1v) is 10.2. The number of carbonyl (C=O) groups excluding carboxylic acids is 1. The highest BCUT2D eigenvalue weighted by atomic mass is 16.6. The zero-order valence-electron chi connectivity index (χ0n) is 16.1. The largest absolute Gasteiger partial charge is 0.381 e. The summed E-state index contributed by atoms with van der Waals surface area (Å²) in [6.07, 6.45) is 5.02. The molecule has 2 heterocycles. The van der Waals surface area contributed by atoms with Crippen LogP contribution >= 0.6 is 0 Å². The summed E-state index contributed by atoms with van der Waals surface area (Å²) in [6, 6.07) is 5.16. The number of hydrogen-bond acceptors (Lipinski definition) is 6. The van der Waals surface area contributed by atoms with Gasteiger partial charge >= 0.3 is 0 Å². The van der Waals surface area contributed by atoms with Gasteiger partial charge < -0.3 is 20.3 Å². The van der Waals surface area contributed by atoms with Crippen molar-refractivity contribution in [2.45, 2.75) is 44.2 Å². The summed E-state index contributed by atoms with van der Waals surface area (Å²) in [4.78, 5) is 25.8. The van der Waals surface area contributed by atoms with Crippen molar-refractivity contribution in [3.63, 3.8) is 0 Å². The van der Waals surface area contributed by atoms with E-state index >= 15 is 0 Å². The lowest BCUT2D eigenvalue weighted by atomic mass is 10.0. The van der Waals surface area contributed by atoms with E-state index in [1.54, 1.807) is 12.1 Å². The number of likely N-dealkylation sites (tertiary alicyclic amines) is 1. The van der Waals surface area contributed by atoms with Gasteiger partial charge in [0.2, 0.25) is 0 Å². The van der Waals surface area contributed by atoms with Crippen molar-refractivity contribution in [3.8, 4) is 0 Å². The zero-order chi connectivity index (χ0) is 19.5. The second-order valence-electron chi connectivity index (χ2n) is 8.19. The number of nitro groups is 1. The Bertz CT molecular complexity index is 723. The van der Waals surface area contributed by atoms with Crippen molar-refractivity contribution >= 4 is 17.3 Å². The van der Waals surface area contributed by atoms with Gasteiger partial charge in [0, 0.05) is 50.0 Å². The fraction of sp³-hybridized carbons (Fsp3) is 0.650. The highest BCUT2D eigenvalue weighted by Crippen LogP contribution is 2.29. The van der Waals surface area contributed by atoms with Crippen LogP contribution < -0.4 is 10.6 Å². The number of nitrogens with zero attached hydrogens (tertiary/aromatic N) is 2. The molecule has 8 nitrogen and oxygen atoms in total. The number of nitro benzene ring substituents is 1. The number of rotatable bonds is 7. The first kappa shape index (κ1) is 19.1. The van der Waals surface area contributed by atoms with E-state index in [1.165, 1.54) is 6.07 Å². The minimum Gasteiger partial charge on any atom is -0.381 e. The van der Waals surface area contributed by atoms with Gasteiger partial charge in [-0.05, 0) is 50.2 Å². The van der Waals surface area contributed by atoms with Crippen LogP contribution in [-0.4, -0.2) is 60.7 Å². The topological polar surface area (TPSA) is 96.7 Å². The SMILES string of the molecule is O=C(NC1CC1)c1ccc(NC2CCN(CC3CCOC3)CC2)c([N+](=O)[O-])c1. The predicted octanol–water partition coefficient (Wildman–Crippen LogP) is 2.40. The lowest BCUT2D eigenvalue weighted by molar-refractivity contribution is -0.384. The summed E-state index contributed by atoms with van der Waals surface area (Å²) in [5, 5.41) is 17.7. The van der Waals surface area contributed by atoms with E-state index in [2.05, 4.69) is 15.5 Å². The second kappa shape index (κ2) is 8.45. The third-order valence-corrected chi connectivity index (χ3v) is 5.86. The zero-order valence-corrected chi connectivity index (χ0v) is 16.1. The molecule has 1 amide bonds. The number of nitrogens with one attached hydrogen (secondary N) is 2. The molecule has 0 aromatic heterocycles. The average Bonchev–Trinajstić information content (AvgIpc) is 3.35. The van der Waals surface area contributed by atoms with Crippen molar-refractivity contribution in [2.24, 2.45) is 5.92 Å². The summed E-state index contributed by atoms with van der Waals surface area (Å²) in [5.74, 6) is 0.404. The number of ether oxygens (including phenoxy) is 1. The minimum atomic E-state index is -0.411. The minimum absolute atomic E-state index is 0.0334. The molecule has 0 radical (unpaired) electrons. The van der Waals surface area contributed by atoms with E-state index in [1.807, 2.05) is 0 Å². The van der Waals surface area contributed by atoms with Crippen molar-refractivity contribution in [1.82, 2.24) is 10.2 Å². The molecule has 1 aliphatic carbocycles. The van der Waals surface area contributed by atoms with Gasteiger partial charge in [-0.1, -0.05) is 0 Å². The van der Waals surface area contributed by atoms with Gasteiger partial charge in [0.05, 0.1) is 11.5 Å². The van der Waals surface area contributed by atoms with Gasteiger partial charge in [-0.15, -0.1) is 0 Å². The Morgan fingerprint density at radius 3 is 2.61 bits per heavy atom. The van der Waals surface area contributed by atoms with Gasteiger partial charge in [0.1, 0.15) is 5.69 Å². The number of benzene rings is 1. The first-order chi connectivity index (χ1) is 13.6. The first-order valence-electron chi connectivity index (χ1n) is 10.2. The molecule has 1 unspecified atom stereocenters. The Morgan fingerprint density at radius 2 is 1.96 bits per heavy atom. The van der Waals surface area contributed by atoms with Crippen LogP contribution in [0.5, 0.6) is 0 Å². The fourth-order valence-corrected chi connectivity index (χ4v) is 4.01. The highest BCUT2D eigenvalue weighted by molar-refractivity contribution is 5.96. The lowest BCUT2D eigenvalue weighted by Gasteiger charge is -2.34. The van der Waals surface area contributed by atoms with Gasteiger partial charge in [-0.2, -0.15) is 0 Å². The summed E-state index contributed by atoms with van der Waals surface area (Å²) < 4.78 is 5.45. The summed E-state index contributed by atoms with van der Waals surface area (Å²) in [7, 11) is 0. The molecule has 28 heavy (non-hydrogen) atoms. The lowest BCUT2D eigenvalue weighted by Crippen LogP contribution is -2.41. The van der Waals surface area contributed by atoms with Gasteiger partial charge in [0.15, 0.2) is 0 Å². The molecule has 4 rings (SSSR count). The van der Waals surface area contributed by atoms with E-state index in [9.17, 15) is 14.9 Å². The predicted molar refractivity (Wildman–Crippen MR) is 106 cm³/mol. The molecular weight excluding hydrogens is 360 g/mol. The van der Waals surface area contributed by atoms with Crippen LogP contribution in [-0.2, 0) is 4.74 Å². The molecule has 152 valence electrons. The Balaban J connectivity index is 1.34. The molecule has 1 aromatic rings. The van der Waals surface area contributed by atoms with Crippen LogP contribution in [0.15, 0.2) is 18.2 Å². The number of carbonyl (C=O) groups is 1. The second-order valence-corrected chi connectivity index (χ2v) is 8.19. The molecule has 1 saturated carbocycles. The molecule has 2 aliphatic heterocycles. The van der Waals surface area contributed by atoms with Crippen LogP contribution in [0, 0.1) is 16.0 Å². The van der Waals surface area contributed by atoms with Crippen LogP contribution in [0.4, 0.5) is 11.4 Å². The van der Waals surface area contributed by atoms with Crippen molar-refractivity contribution in [3.05, 3.63) is 33.9 Å². The van der Waals surface area contributed by atoms with Crippen molar-refractivity contribution in [2.75, 3.05) is 38.2 Å². The summed E-state index contributed by atoms with van der Waals surface area (Å²) in [5.41, 5.74) is 0.808. The number of amides is 1.